The predicted molar refractivity (Wildman–Crippen MR) is 115 cm³/mol. The summed E-state index contributed by atoms with van der Waals surface area (Å²) in [6, 6.07) is 4.98. The summed E-state index contributed by atoms with van der Waals surface area (Å²) in [6.07, 6.45) is 0.497. The number of halogens is 2. The van der Waals surface area contributed by atoms with Gasteiger partial charge in [0, 0.05) is 20.6 Å². The van der Waals surface area contributed by atoms with Crippen LogP contribution in [0.2, 0.25) is 10.0 Å². The minimum atomic E-state index is -0.822. The third-order valence-electron chi connectivity index (χ3n) is 4.70. The first-order valence-corrected chi connectivity index (χ1v) is 9.81. The van der Waals surface area contributed by atoms with E-state index < -0.39 is 16.9 Å². The van der Waals surface area contributed by atoms with Gasteiger partial charge in [-0.2, -0.15) is 4.98 Å². The van der Waals surface area contributed by atoms with Crippen molar-refractivity contribution in [3.8, 4) is 0 Å². The number of aryl methyl sites for hydroxylation is 2. The van der Waals surface area contributed by atoms with E-state index in [1.54, 1.807) is 50.7 Å². The van der Waals surface area contributed by atoms with Crippen molar-refractivity contribution in [2.45, 2.75) is 32.4 Å². The number of hydrogen-bond donors (Lipinski definition) is 2. The average molecular weight is 440 g/mol. The van der Waals surface area contributed by atoms with E-state index in [0.717, 1.165) is 4.57 Å². The van der Waals surface area contributed by atoms with Crippen molar-refractivity contribution in [2.24, 2.45) is 14.1 Å². The van der Waals surface area contributed by atoms with Crippen LogP contribution in [0.4, 0.5) is 5.95 Å². The quantitative estimate of drug-likeness (QED) is 0.614. The lowest BCUT2D eigenvalue weighted by Gasteiger charge is -2.17. The summed E-state index contributed by atoms with van der Waals surface area (Å²) < 4.78 is 4.10. The molecule has 0 spiro atoms. The first kappa shape index (κ1) is 21.4. The fourth-order valence-corrected chi connectivity index (χ4v) is 3.36. The normalized spacial score (nSPS) is 12.0. The number of fused-ring (bicyclic) bond motifs is 1. The number of anilines is 1. The second kappa shape index (κ2) is 7.85. The maximum atomic E-state index is 13.1. The van der Waals surface area contributed by atoms with Crippen LogP contribution < -0.4 is 16.6 Å². The van der Waals surface area contributed by atoms with Gasteiger partial charge in [0.25, 0.3) is 5.56 Å². The highest BCUT2D eigenvalue weighted by Crippen LogP contribution is 2.23. The highest BCUT2D eigenvalue weighted by molar-refractivity contribution is 6.42. The molecule has 0 radical (unpaired) electrons. The zero-order valence-electron chi connectivity index (χ0n) is 16.7. The van der Waals surface area contributed by atoms with Crippen LogP contribution in [-0.4, -0.2) is 35.9 Å². The molecule has 29 heavy (non-hydrogen) atoms. The Morgan fingerprint density at radius 1 is 1.14 bits per heavy atom. The number of aromatic nitrogens is 4. The van der Waals surface area contributed by atoms with E-state index in [1.165, 1.54) is 4.57 Å². The Labute approximate surface area is 177 Å². The summed E-state index contributed by atoms with van der Waals surface area (Å²) in [5.74, 6) is 0.448. The Morgan fingerprint density at radius 3 is 2.45 bits per heavy atom. The lowest BCUT2D eigenvalue weighted by Crippen LogP contribution is -2.39. The Hall–Kier alpha value is -2.29. The van der Waals surface area contributed by atoms with Crippen LogP contribution in [0.25, 0.3) is 11.2 Å². The molecule has 0 aliphatic heterocycles. The average Bonchev–Trinajstić information content (AvgIpc) is 2.96. The molecule has 0 saturated carbocycles. The molecule has 8 nitrogen and oxygen atoms in total. The maximum Gasteiger partial charge on any atom is 0.332 e. The van der Waals surface area contributed by atoms with Crippen LogP contribution in [0, 0.1) is 0 Å². The summed E-state index contributed by atoms with van der Waals surface area (Å²) in [5, 5.41) is 13.7. The van der Waals surface area contributed by atoms with Gasteiger partial charge in [-0.05, 0) is 38.0 Å². The molecule has 0 unspecified atom stereocenters. The number of hydrogen-bond acceptors (Lipinski definition) is 5. The summed E-state index contributed by atoms with van der Waals surface area (Å²) >= 11 is 12.0. The van der Waals surface area contributed by atoms with Crippen molar-refractivity contribution in [3.63, 3.8) is 0 Å². The van der Waals surface area contributed by atoms with Crippen LogP contribution in [0.5, 0.6) is 0 Å². The molecular formula is C19H23Cl2N5O3. The van der Waals surface area contributed by atoms with E-state index in [4.69, 9.17) is 23.2 Å². The van der Waals surface area contributed by atoms with Crippen molar-refractivity contribution >= 4 is 40.3 Å². The summed E-state index contributed by atoms with van der Waals surface area (Å²) in [5.41, 5.74) is -0.466. The molecular weight excluding hydrogens is 417 g/mol. The van der Waals surface area contributed by atoms with E-state index in [2.05, 4.69) is 10.3 Å². The fraction of sp³-hybridized carbons (Fsp3) is 0.421. The van der Waals surface area contributed by atoms with Crippen LogP contribution in [0.15, 0.2) is 27.8 Å². The number of benzene rings is 1. The van der Waals surface area contributed by atoms with E-state index in [9.17, 15) is 14.7 Å². The van der Waals surface area contributed by atoms with Crippen LogP contribution in [-0.2, 0) is 20.6 Å². The summed E-state index contributed by atoms with van der Waals surface area (Å²) in [6.45, 7) is 3.96. The first-order valence-electron chi connectivity index (χ1n) is 9.06. The predicted octanol–water partition coefficient (Wildman–Crippen LogP) is 2.36. The van der Waals surface area contributed by atoms with Gasteiger partial charge in [0.05, 0.1) is 22.2 Å². The van der Waals surface area contributed by atoms with E-state index in [1.807, 2.05) is 0 Å². The second-order valence-electron chi connectivity index (χ2n) is 7.64. The minimum Gasteiger partial charge on any atom is -0.390 e. The Balaban J connectivity index is 2.04. The monoisotopic (exact) mass is 439 g/mol. The molecule has 0 amide bonds. The summed E-state index contributed by atoms with van der Waals surface area (Å²) in [4.78, 5) is 30.3. The smallest absolute Gasteiger partial charge is 0.332 e. The molecule has 0 bridgehead atoms. The zero-order valence-corrected chi connectivity index (χ0v) is 18.2. The summed E-state index contributed by atoms with van der Waals surface area (Å²) in [7, 11) is 3.28. The van der Waals surface area contributed by atoms with Crippen molar-refractivity contribution < 1.29 is 5.11 Å². The van der Waals surface area contributed by atoms with Crippen LogP contribution in [0.1, 0.15) is 25.8 Å². The highest BCUT2D eigenvalue weighted by atomic mass is 35.5. The van der Waals surface area contributed by atoms with Crippen molar-refractivity contribution in [2.75, 3.05) is 11.9 Å². The zero-order chi connectivity index (χ0) is 21.5. The van der Waals surface area contributed by atoms with E-state index in [-0.39, 0.29) is 6.54 Å². The number of rotatable bonds is 6. The van der Waals surface area contributed by atoms with Gasteiger partial charge in [0.15, 0.2) is 11.2 Å². The highest BCUT2D eigenvalue weighted by Gasteiger charge is 2.19. The molecule has 3 aromatic rings. The topological polar surface area (TPSA) is 94.1 Å². The molecule has 10 heteroatoms. The molecule has 0 atom stereocenters. The first-order chi connectivity index (χ1) is 13.5. The molecule has 1 aromatic carbocycles. The fourth-order valence-electron chi connectivity index (χ4n) is 3.04. The van der Waals surface area contributed by atoms with Gasteiger partial charge in [-0.25, -0.2) is 4.79 Å². The number of nitrogens with zero attached hydrogens (tertiary/aromatic N) is 4. The van der Waals surface area contributed by atoms with Crippen molar-refractivity contribution in [1.29, 1.82) is 0 Å². The number of aliphatic hydroxyl groups is 1. The SMILES string of the molecule is Cn1c(NCCC(C)(C)O)nc2c1c(=O)n(Cc1ccc(Cl)c(Cl)c1)c(=O)n2C. The number of nitrogens with one attached hydrogen (secondary N) is 1. The van der Waals surface area contributed by atoms with Gasteiger partial charge in [-0.15, -0.1) is 0 Å². The Bertz CT molecular complexity index is 1190. The van der Waals surface area contributed by atoms with E-state index in [0.29, 0.717) is 45.7 Å². The van der Waals surface area contributed by atoms with Crippen molar-refractivity contribution in [3.05, 3.63) is 54.6 Å². The van der Waals surface area contributed by atoms with Gasteiger partial charge in [0.2, 0.25) is 5.95 Å². The van der Waals surface area contributed by atoms with Crippen LogP contribution in [0.3, 0.4) is 0 Å². The third kappa shape index (κ3) is 4.34. The molecule has 2 heterocycles. The van der Waals surface area contributed by atoms with Crippen LogP contribution >= 0.6 is 23.2 Å². The lowest BCUT2D eigenvalue weighted by molar-refractivity contribution is 0.0748. The molecule has 0 saturated heterocycles. The second-order valence-corrected chi connectivity index (χ2v) is 8.45. The van der Waals surface area contributed by atoms with Gasteiger partial charge >= 0.3 is 5.69 Å². The largest absolute Gasteiger partial charge is 0.390 e. The lowest BCUT2D eigenvalue weighted by atomic mass is 10.1. The third-order valence-corrected chi connectivity index (χ3v) is 5.44. The Morgan fingerprint density at radius 2 is 1.83 bits per heavy atom. The van der Waals surface area contributed by atoms with Gasteiger partial charge < -0.3 is 15.0 Å². The van der Waals surface area contributed by atoms with Crippen molar-refractivity contribution in [1.82, 2.24) is 18.7 Å². The molecule has 2 aromatic heterocycles. The minimum absolute atomic E-state index is 0.0605. The molecule has 0 fully saturated rings. The van der Waals surface area contributed by atoms with Gasteiger partial charge in [-0.1, -0.05) is 29.3 Å². The molecule has 0 aliphatic carbocycles. The van der Waals surface area contributed by atoms with E-state index >= 15 is 0 Å². The maximum absolute atomic E-state index is 13.1. The number of imidazole rings is 1. The standard InChI is InChI=1S/C19H23Cl2N5O3/c1-19(2,29)7-8-22-17-23-15-14(24(17)3)16(27)26(18(28)25(15)4)10-11-5-6-12(20)13(21)9-11/h5-6,9,29H,7-8,10H2,1-4H3,(H,22,23). The molecule has 3 rings (SSSR count). The Kier molecular flexibility index (Phi) is 5.80. The van der Waals surface area contributed by atoms with Gasteiger partial charge in [0.1, 0.15) is 0 Å². The van der Waals surface area contributed by atoms with Gasteiger partial charge in [-0.3, -0.25) is 13.9 Å². The molecule has 156 valence electrons. The molecule has 0 aliphatic rings. The molecule has 2 N–H and O–H groups in total.